The number of hydroxylamine groups is 3. The predicted octanol–water partition coefficient (Wildman–Crippen LogP) is 3.00. The van der Waals surface area contributed by atoms with E-state index in [1.54, 1.807) is 11.5 Å². The van der Waals surface area contributed by atoms with Crippen LogP contribution in [0.4, 0.5) is 0 Å². The van der Waals surface area contributed by atoms with Crippen LogP contribution in [-0.2, 0) is 0 Å². The highest BCUT2D eigenvalue weighted by Crippen LogP contribution is 2.33. The molecule has 1 heterocycles. The number of hydrogen-bond acceptors (Lipinski definition) is 2. The second-order valence-corrected chi connectivity index (χ2v) is 5.27. The van der Waals surface area contributed by atoms with Crippen LogP contribution in [0, 0.1) is 6.92 Å². The molecule has 0 unspecified atom stereocenters. The van der Waals surface area contributed by atoms with E-state index in [2.05, 4.69) is 6.92 Å². The van der Waals surface area contributed by atoms with Crippen molar-refractivity contribution in [3.63, 3.8) is 0 Å². The quantitative estimate of drug-likeness (QED) is 0.628. The van der Waals surface area contributed by atoms with Crippen molar-refractivity contribution >= 4 is 16.8 Å². The van der Waals surface area contributed by atoms with Gasteiger partial charge in [0.05, 0.1) is 11.2 Å². The zero-order chi connectivity index (χ0) is 14.2. The van der Waals surface area contributed by atoms with Crippen molar-refractivity contribution in [1.29, 1.82) is 0 Å². The molecule has 0 amide bonds. The number of carbonyl (C=O) groups is 1. The Morgan fingerprint density at radius 1 is 1.32 bits per heavy atom. The summed E-state index contributed by atoms with van der Waals surface area (Å²) in [5.41, 5.74) is 1.76. The molecule has 102 valence electrons. The van der Waals surface area contributed by atoms with Crippen LogP contribution in [0.1, 0.15) is 24.3 Å². The van der Waals surface area contributed by atoms with Gasteiger partial charge >= 0.3 is 0 Å². The number of para-hydroxylation sites is 1. The zero-order valence-corrected chi connectivity index (χ0v) is 12.2. The number of carbonyl (C=O) groups excluding carboxylic acids is 1. The largest absolute Gasteiger partial charge is 0.313 e. The fourth-order valence-corrected chi connectivity index (χ4v) is 2.17. The van der Waals surface area contributed by atoms with Crippen LogP contribution in [0.5, 0.6) is 5.75 Å². The van der Waals surface area contributed by atoms with Gasteiger partial charge in [0.1, 0.15) is 20.6 Å². The lowest BCUT2D eigenvalue weighted by atomic mass is 10.2. The van der Waals surface area contributed by atoms with Gasteiger partial charge < -0.3 is 4.84 Å². The van der Waals surface area contributed by atoms with Crippen LogP contribution in [-0.4, -0.2) is 35.8 Å². The van der Waals surface area contributed by atoms with Crippen molar-refractivity contribution in [2.75, 3.05) is 20.6 Å². The van der Waals surface area contributed by atoms with Crippen molar-refractivity contribution in [2.45, 2.75) is 20.8 Å². The van der Waals surface area contributed by atoms with E-state index in [0.717, 1.165) is 28.9 Å². The van der Waals surface area contributed by atoms with Gasteiger partial charge in [-0.05, 0) is 26.0 Å². The molecule has 0 aliphatic heterocycles. The SMILES string of the molecule is CC[N+](C)(C)Oc1c(C)n(C(C)=O)c2ccccc12. The Labute approximate surface area is 113 Å². The third kappa shape index (κ3) is 2.36. The van der Waals surface area contributed by atoms with E-state index in [0.29, 0.717) is 4.65 Å². The highest BCUT2D eigenvalue weighted by atomic mass is 16.7. The van der Waals surface area contributed by atoms with Gasteiger partial charge in [-0.3, -0.25) is 9.36 Å². The monoisotopic (exact) mass is 261 g/mol. The fourth-order valence-electron chi connectivity index (χ4n) is 2.17. The lowest BCUT2D eigenvalue weighted by molar-refractivity contribution is -1.05. The van der Waals surface area contributed by atoms with Crippen molar-refractivity contribution in [1.82, 2.24) is 4.57 Å². The number of hydrogen-bond donors (Lipinski definition) is 0. The van der Waals surface area contributed by atoms with E-state index in [-0.39, 0.29) is 5.91 Å². The average molecular weight is 261 g/mol. The Balaban J connectivity index is 2.67. The molecule has 0 fully saturated rings. The van der Waals surface area contributed by atoms with Crippen molar-refractivity contribution in [3.05, 3.63) is 30.0 Å². The third-order valence-corrected chi connectivity index (χ3v) is 3.47. The first-order chi connectivity index (χ1) is 8.87. The summed E-state index contributed by atoms with van der Waals surface area (Å²) in [5, 5.41) is 0.981. The minimum absolute atomic E-state index is 0.00496. The maximum Gasteiger partial charge on any atom is 0.228 e. The summed E-state index contributed by atoms with van der Waals surface area (Å²) < 4.78 is 2.13. The van der Waals surface area contributed by atoms with Gasteiger partial charge in [0, 0.05) is 12.3 Å². The number of fused-ring (bicyclic) bond motifs is 1. The topological polar surface area (TPSA) is 31.2 Å². The van der Waals surface area contributed by atoms with Crippen molar-refractivity contribution in [2.24, 2.45) is 0 Å². The molecule has 0 N–H and O–H groups in total. The molecule has 4 nitrogen and oxygen atoms in total. The molecule has 0 aliphatic rings. The van der Waals surface area contributed by atoms with Crippen LogP contribution in [0.15, 0.2) is 24.3 Å². The molecule has 0 aliphatic carbocycles. The summed E-state index contributed by atoms with van der Waals surface area (Å²) in [4.78, 5) is 17.9. The number of quaternary nitrogens is 1. The van der Waals surface area contributed by atoms with Crippen molar-refractivity contribution < 1.29 is 14.3 Å². The van der Waals surface area contributed by atoms with Crippen LogP contribution < -0.4 is 4.84 Å². The minimum Gasteiger partial charge on any atom is -0.313 e. The highest BCUT2D eigenvalue weighted by molar-refractivity contribution is 5.97. The molecule has 4 heteroatoms. The number of aromatic nitrogens is 1. The van der Waals surface area contributed by atoms with E-state index in [4.69, 9.17) is 4.84 Å². The Morgan fingerprint density at radius 3 is 2.53 bits per heavy atom. The molecule has 0 bridgehead atoms. The third-order valence-electron chi connectivity index (χ3n) is 3.47. The first-order valence-corrected chi connectivity index (χ1v) is 6.51. The van der Waals surface area contributed by atoms with Gasteiger partial charge in [0.25, 0.3) is 0 Å². The molecule has 0 radical (unpaired) electrons. The van der Waals surface area contributed by atoms with Crippen LogP contribution in [0.2, 0.25) is 0 Å². The Bertz CT molecular complexity index is 626. The smallest absolute Gasteiger partial charge is 0.228 e. The predicted molar refractivity (Wildman–Crippen MR) is 76.3 cm³/mol. The van der Waals surface area contributed by atoms with Gasteiger partial charge in [-0.25, -0.2) is 0 Å². The van der Waals surface area contributed by atoms with E-state index in [9.17, 15) is 4.79 Å². The van der Waals surface area contributed by atoms with Gasteiger partial charge in [0.15, 0.2) is 0 Å². The first kappa shape index (κ1) is 13.6. The maximum absolute atomic E-state index is 11.8. The molecule has 1 aromatic heterocycles. The number of nitrogens with zero attached hydrogens (tertiary/aromatic N) is 2. The van der Waals surface area contributed by atoms with Crippen molar-refractivity contribution in [3.8, 4) is 5.75 Å². The molecule has 2 aromatic rings. The van der Waals surface area contributed by atoms with Crippen LogP contribution in [0.3, 0.4) is 0 Å². The summed E-state index contributed by atoms with van der Waals surface area (Å²) in [6.07, 6.45) is 0. The summed E-state index contributed by atoms with van der Waals surface area (Å²) in [7, 11) is 4.00. The second-order valence-electron chi connectivity index (χ2n) is 5.27. The van der Waals surface area contributed by atoms with Gasteiger partial charge in [0.2, 0.25) is 11.7 Å². The summed E-state index contributed by atoms with van der Waals surface area (Å²) >= 11 is 0. The Morgan fingerprint density at radius 2 is 1.95 bits per heavy atom. The minimum atomic E-state index is 0.00496. The fraction of sp³-hybridized carbons (Fsp3) is 0.400. The van der Waals surface area contributed by atoms with Crippen LogP contribution in [0.25, 0.3) is 10.9 Å². The molecule has 0 saturated carbocycles. The average Bonchev–Trinajstić information content (AvgIpc) is 2.62. The number of benzene rings is 1. The molecule has 0 atom stereocenters. The number of rotatable bonds is 3. The van der Waals surface area contributed by atoms with Crippen LogP contribution >= 0.6 is 0 Å². The highest BCUT2D eigenvalue weighted by Gasteiger charge is 2.24. The molecule has 0 saturated heterocycles. The first-order valence-electron chi connectivity index (χ1n) is 6.51. The lowest BCUT2D eigenvalue weighted by Gasteiger charge is -2.25. The van der Waals surface area contributed by atoms with E-state index < -0.39 is 0 Å². The molecule has 1 aromatic carbocycles. The maximum atomic E-state index is 11.8. The van der Waals surface area contributed by atoms with E-state index in [1.165, 1.54) is 0 Å². The second kappa shape index (κ2) is 4.70. The van der Waals surface area contributed by atoms with E-state index in [1.807, 2.05) is 45.3 Å². The summed E-state index contributed by atoms with van der Waals surface area (Å²) in [5.74, 6) is 0.794. The van der Waals surface area contributed by atoms with Gasteiger partial charge in [-0.15, -0.1) is 4.65 Å². The summed E-state index contributed by atoms with van der Waals surface area (Å²) in [6, 6.07) is 7.84. The van der Waals surface area contributed by atoms with Gasteiger partial charge in [-0.1, -0.05) is 12.1 Å². The zero-order valence-electron chi connectivity index (χ0n) is 12.2. The molecular weight excluding hydrogens is 240 g/mol. The normalized spacial score (nSPS) is 11.8. The molecular formula is C15H21N2O2+. The molecule has 19 heavy (non-hydrogen) atoms. The standard InChI is InChI=1S/C15H21N2O2/c1-6-17(4,5)19-15-11(2)16(12(3)18)14-10-8-7-9-13(14)15/h7-10H,6H2,1-5H3/q+1. The molecule has 0 spiro atoms. The Kier molecular flexibility index (Phi) is 3.37. The summed E-state index contributed by atoms with van der Waals surface area (Å²) in [6.45, 7) is 6.41. The lowest BCUT2D eigenvalue weighted by Crippen LogP contribution is -2.42. The van der Waals surface area contributed by atoms with E-state index >= 15 is 0 Å². The molecule has 2 rings (SSSR count). The van der Waals surface area contributed by atoms with Gasteiger partial charge in [-0.2, -0.15) is 0 Å². The Hall–Kier alpha value is -1.81.